The molecule has 1 atom stereocenters. The van der Waals surface area contributed by atoms with Crippen molar-refractivity contribution in [2.75, 3.05) is 0 Å². The third-order valence-electron chi connectivity index (χ3n) is 0.983. The van der Waals surface area contributed by atoms with Crippen LogP contribution in [-0.2, 0) is 0 Å². The van der Waals surface area contributed by atoms with Gasteiger partial charge < -0.3 is 4.42 Å². The van der Waals surface area contributed by atoms with Crippen LogP contribution in [0.4, 0.5) is 8.78 Å². The molecule has 3 nitrogen and oxygen atoms in total. The summed E-state index contributed by atoms with van der Waals surface area (Å²) in [7, 11) is 0. The van der Waals surface area contributed by atoms with Crippen LogP contribution in [0.2, 0.25) is 0 Å². The van der Waals surface area contributed by atoms with Crippen LogP contribution >= 0.6 is 11.6 Å². The first-order valence-electron chi connectivity index (χ1n) is 2.86. The monoisotopic (exact) mass is 182 g/mol. The van der Waals surface area contributed by atoms with E-state index in [2.05, 4.69) is 14.6 Å². The van der Waals surface area contributed by atoms with Crippen LogP contribution in [0.3, 0.4) is 0 Å². The summed E-state index contributed by atoms with van der Waals surface area (Å²) in [6.07, 6.45) is -2.73. The Bertz CT molecular complexity index is 216. The topological polar surface area (TPSA) is 38.9 Å². The Kier molecular flexibility index (Phi) is 2.38. The average molecular weight is 183 g/mol. The molecule has 6 heteroatoms. The van der Waals surface area contributed by atoms with Crippen molar-refractivity contribution in [3.63, 3.8) is 0 Å². The molecular weight excluding hydrogens is 178 g/mol. The minimum atomic E-state index is -2.73. The van der Waals surface area contributed by atoms with Crippen molar-refractivity contribution in [3.05, 3.63) is 11.8 Å². The van der Waals surface area contributed by atoms with Crippen molar-refractivity contribution in [2.24, 2.45) is 0 Å². The summed E-state index contributed by atoms with van der Waals surface area (Å²) in [5.41, 5.74) is 0. The van der Waals surface area contributed by atoms with Crippen molar-refractivity contribution in [3.8, 4) is 0 Å². The summed E-state index contributed by atoms with van der Waals surface area (Å²) in [4.78, 5) is 0. The lowest BCUT2D eigenvalue weighted by Gasteiger charge is -1.91. The number of nitrogens with zero attached hydrogens (tertiary/aromatic N) is 2. The lowest BCUT2D eigenvalue weighted by molar-refractivity contribution is 0.113. The lowest BCUT2D eigenvalue weighted by Crippen LogP contribution is -1.82. The highest BCUT2D eigenvalue weighted by Crippen LogP contribution is 2.22. The van der Waals surface area contributed by atoms with E-state index >= 15 is 0 Å². The highest BCUT2D eigenvalue weighted by molar-refractivity contribution is 6.20. The molecule has 0 bridgehead atoms. The maximum Gasteiger partial charge on any atom is 0.314 e. The van der Waals surface area contributed by atoms with Gasteiger partial charge >= 0.3 is 6.43 Å². The average Bonchev–Trinajstić information content (AvgIpc) is 2.33. The maximum atomic E-state index is 11.8. The Balaban J connectivity index is 2.82. The lowest BCUT2D eigenvalue weighted by atomic mass is 10.5. The van der Waals surface area contributed by atoms with Crippen LogP contribution in [0.5, 0.6) is 0 Å². The molecule has 0 aliphatic heterocycles. The largest absolute Gasteiger partial charge is 0.418 e. The van der Waals surface area contributed by atoms with Gasteiger partial charge in [0.25, 0.3) is 5.89 Å². The van der Waals surface area contributed by atoms with Gasteiger partial charge in [0.15, 0.2) is 0 Å². The van der Waals surface area contributed by atoms with Crippen molar-refractivity contribution in [1.29, 1.82) is 0 Å². The van der Waals surface area contributed by atoms with E-state index in [9.17, 15) is 8.78 Å². The van der Waals surface area contributed by atoms with Gasteiger partial charge in [-0.25, -0.2) is 0 Å². The van der Waals surface area contributed by atoms with E-state index in [1.54, 1.807) is 6.92 Å². The summed E-state index contributed by atoms with van der Waals surface area (Å²) in [6.45, 7) is 1.56. The summed E-state index contributed by atoms with van der Waals surface area (Å²) in [5.74, 6) is -0.672. The first-order valence-corrected chi connectivity index (χ1v) is 3.30. The fraction of sp³-hybridized carbons (Fsp3) is 0.600. The quantitative estimate of drug-likeness (QED) is 0.659. The van der Waals surface area contributed by atoms with E-state index in [1.807, 2.05) is 0 Å². The second kappa shape index (κ2) is 3.13. The molecule has 1 aromatic heterocycles. The predicted molar refractivity (Wildman–Crippen MR) is 33.5 cm³/mol. The first kappa shape index (κ1) is 8.39. The fourth-order valence-corrected chi connectivity index (χ4v) is 0.584. The van der Waals surface area contributed by atoms with E-state index in [4.69, 9.17) is 11.6 Å². The van der Waals surface area contributed by atoms with E-state index in [1.165, 1.54) is 0 Å². The molecular formula is C5H5ClF2N2O. The van der Waals surface area contributed by atoms with E-state index in [0.29, 0.717) is 0 Å². The van der Waals surface area contributed by atoms with Gasteiger partial charge in [0, 0.05) is 0 Å². The van der Waals surface area contributed by atoms with Gasteiger partial charge in [-0.1, -0.05) is 0 Å². The Morgan fingerprint density at radius 2 is 1.91 bits per heavy atom. The Hall–Kier alpha value is -0.710. The third-order valence-corrected chi connectivity index (χ3v) is 1.17. The predicted octanol–water partition coefficient (Wildman–Crippen LogP) is 2.31. The molecule has 1 rings (SSSR count). The van der Waals surface area contributed by atoms with Crippen LogP contribution in [0.25, 0.3) is 0 Å². The molecule has 11 heavy (non-hydrogen) atoms. The fourth-order valence-electron chi connectivity index (χ4n) is 0.495. The molecule has 0 fully saturated rings. The molecule has 0 aliphatic rings. The smallest absolute Gasteiger partial charge is 0.314 e. The van der Waals surface area contributed by atoms with Gasteiger partial charge in [0.2, 0.25) is 5.89 Å². The highest BCUT2D eigenvalue weighted by Gasteiger charge is 2.17. The normalized spacial score (nSPS) is 13.9. The van der Waals surface area contributed by atoms with Gasteiger partial charge in [0.1, 0.15) is 5.38 Å². The van der Waals surface area contributed by atoms with Gasteiger partial charge in [-0.15, -0.1) is 21.8 Å². The molecule has 0 saturated carbocycles. The number of halogens is 3. The van der Waals surface area contributed by atoms with E-state index in [-0.39, 0.29) is 5.89 Å². The summed E-state index contributed by atoms with van der Waals surface area (Å²) >= 11 is 5.48. The second-order valence-electron chi connectivity index (χ2n) is 1.90. The molecule has 0 saturated heterocycles. The van der Waals surface area contributed by atoms with Crippen molar-refractivity contribution in [2.45, 2.75) is 18.7 Å². The van der Waals surface area contributed by atoms with Gasteiger partial charge in [-0.05, 0) is 6.92 Å². The molecule has 62 valence electrons. The molecule has 1 heterocycles. The van der Waals surface area contributed by atoms with Gasteiger partial charge in [-0.3, -0.25) is 0 Å². The maximum absolute atomic E-state index is 11.8. The molecule has 1 aromatic rings. The van der Waals surface area contributed by atoms with Crippen LogP contribution in [-0.4, -0.2) is 10.2 Å². The Morgan fingerprint density at radius 1 is 1.36 bits per heavy atom. The van der Waals surface area contributed by atoms with Gasteiger partial charge in [0.05, 0.1) is 0 Å². The highest BCUT2D eigenvalue weighted by atomic mass is 35.5. The number of rotatable bonds is 2. The van der Waals surface area contributed by atoms with Crippen molar-refractivity contribution in [1.82, 2.24) is 10.2 Å². The van der Waals surface area contributed by atoms with E-state index in [0.717, 1.165) is 0 Å². The minimum absolute atomic E-state index is 0.0157. The summed E-state index contributed by atoms with van der Waals surface area (Å²) in [5, 5.41) is 5.86. The molecule has 0 spiro atoms. The Labute approximate surface area is 66.4 Å². The molecule has 0 aromatic carbocycles. The Morgan fingerprint density at radius 3 is 2.18 bits per heavy atom. The van der Waals surface area contributed by atoms with Crippen LogP contribution < -0.4 is 0 Å². The van der Waals surface area contributed by atoms with Crippen LogP contribution in [0.15, 0.2) is 4.42 Å². The zero-order valence-electron chi connectivity index (χ0n) is 5.59. The van der Waals surface area contributed by atoms with Gasteiger partial charge in [-0.2, -0.15) is 8.78 Å². The van der Waals surface area contributed by atoms with Crippen LogP contribution in [0.1, 0.15) is 30.5 Å². The number of aromatic nitrogens is 2. The summed E-state index contributed by atoms with van der Waals surface area (Å²) in [6, 6.07) is 0. The standard InChI is InChI=1S/C5H5ClF2N2O/c1-2(6)4-9-10-5(11-4)3(7)8/h2-3H,1H3. The summed E-state index contributed by atoms with van der Waals surface area (Å²) < 4.78 is 28.1. The third kappa shape index (κ3) is 1.86. The molecule has 1 unspecified atom stereocenters. The van der Waals surface area contributed by atoms with E-state index < -0.39 is 17.7 Å². The van der Waals surface area contributed by atoms with Crippen LogP contribution in [0, 0.1) is 0 Å². The van der Waals surface area contributed by atoms with Crippen molar-refractivity contribution < 1.29 is 13.2 Å². The second-order valence-corrected chi connectivity index (χ2v) is 2.55. The molecule has 0 amide bonds. The first-order chi connectivity index (χ1) is 5.11. The molecule has 0 aliphatic carbocycles. The number of alkyl halides is 3. The molecule has 0 N–H and O–H groups in total. The SMILES string of the molecule is CC(Cl)c1nnc(C(F)F)o1. The number of hydrogen-bond donors (Lipinski definition) is 0. The van der Waals surface area contributed by atoms with Crippen molar-refractivity contribution >= 4 is 11.6 Å². The zero-order valence-corrected chi connectivity index (χ0v) is 6.35. The zero-order chi connectivity index (χ0) is 8.43. The molecule has 0 radical (unpaired) electrons. The number of hydrogen-bond acceptors (Lipinski definition) is 3. The minimum Gasteiger partial charge on any atom is -0.418 e.